The van der Waals surface area contributed by atoms with Gasteiger partial charge in [-0.2, -0.15) is 0 Å². The van der Waals surface area contributed by atoms with Crippen molar-refractivity contribution in [2.24, 2.45) is 5.41 Å². The molecule has 1 aliphatic rings. The first kappa shape index (κ1) is 17.0. The van der Waals surface area contributed by atoms with Gasteiger partial charge >= 0.3 is 0 Å². The summed E-state index contributed by atoms with van der Waals surface area (Å²) in [7, 11) is 0. The number of carbonyl (C=O) groups excluding carboxylic acids is 1. The minimum Gasteiger partial charge on any atom is -0.359 e. The van der Waals surface area contributed by atoms with Crippen LogP contribution in [-0.4, -0.2) is 10.8 Å². The minimum absolute atomic E-state index is 0.0727. The largest absolute Gasteiger partial charge is 0.359 e. The van der Waals surface area contributed by atoms with Gasteiger partial charge < -0.3 is 5.32 Å². The Morgan fingerprint density at radius 2 is 1.88 bits per heavy atom. The third-order valence-corrected chi connectivity index (χ3v) is 5.67. The Balaban J connectivity index is 1.56. The van der Waals surface area contributed by atoms with Crippen molar-refractivity contribution in [3.8, 4) is 10.6 Å². The molecule has 1 N–H and O–H groups in total. The summed E-state index contributed by atoms with van der Waals surface area (Å²) >= 11 is 1.71. The van der Waals surface area contributed by atoms with Crippen LogP contribution in [0.5, 0.6) is 0 Å². The SMILES string of the molecule is Cc1ccc2sc(-c3ccc(NC4=CC(C)(C)CC(=O)C4)cc3)nc2c1. The predicted octanol–water partition coefficient (Wildman–Crippen LogP) is 5.96. The molecule has 4 heteroatoms. The number of allylic oxidation sites excluding steroid dienone is 2. The van der Waals surface area contributed by atoms with Gasteiger partial charge in [0.05, 0.1) is 10.2 Å². The average molecular weight is 362 g/mol. The maximum atomic E-state index is 11.9. The molecule has 1 heterocycles. The van der Waals surface area contributed by atoms with Gasteiger partial charge in [-0.1, -0.05) is 26.0 Å². The van der Waals surface area contributed by atoms with Gasteiger partial charge in [0.25, 0.3) is 0 Å². The van der Waals surface area contributed by atoms with Crippen molar-refractivity contribution in [1.29, 1.82) is 0 Å². The first-order chi connectivity index (χ1) is 12.4. The summed E-state index contributed by atoms with van der Waals surface area (Å²) in [5.74, 6) is 0.293. The van der Waals surface area contributed by atoms with E-state index in [9.17, 15) is 4.79 Å². The van der Waals surface area contributed by atoms with Gasteiger partial charge in [-0.25, -0.2) is 4.98 Å². The number of rotatable bonds is 3. The Morgan fingerprint density at radius 3 is 2.62 bits per heavy atom. The maximum absolute atomic E-state index is 11.9. The lowest BCUT2D eigenvalue weighted by Gasteiger charge is -2.27. The number of aromatic nitrogens is 1. The van der Waals surface area contributed by atoms with Crippen LogP contribution >= 0.6 is 11.3 Å². The number of aryl methyl sites for hydroxylation is 1. The summed E-state index contributed by atoms with van der Waals surface area (Å²) in [6.45, 7) is 6.29. The molecule has 0 unspecified atom stereocenters. The summed E-state index contributed by atoms with van der Waals surface area (Å²) in [5, 5.41) is 4.44. The zero-order valence-electron chi connectivity index (χ0n) is 15.3. The van der Waals surface area contributed by atoms with Crippen LogP contribution in [0.4, 0.5) is 5.69 Å². The van der Waals surface area contributed by atoms with Gasteiger partial charge in [0, 0.05) is 29.8 Å². The van der Waals surface area contributed by atoms with Gasteiger partial charge in [0.15, 0.2) is 0 Å². The van der Waals surface area contributed by atoms with Crippen molar-refractivity contribution in [2.45, 2.75) is 33.6 Å². The lowest BCUT2D eigenvalue weighted by atomic mass is 9.81. The molecule has 1 aromatic heterocycles. The molecular weight excluding hydrogens is 340 g/mol. The van der Waals surface area contributed by atoms with E-state index in [0.717, 1.165) is 27.5 Å². The van der Waals surface area contributed by atoms with E-state index < -0.39 is 0 Å². The normalized spacial score (nSPS) is 16.6. The number of hydrogen-bond acceptors (Lipinski definition) is 4. The molecule has 0 spiro atoms. The lowest BCUT2D eigenvalue weighted by Crippen LogP contribution is -2.23. The standard InChI is InChI=1S/C22H22N2OS/c1-14-4-9-20-19(10-14)24-21(26-20)15-5-7-16(8-6-15)23-17-11-18(25)13-22(2,3)12-17/h4-10,12,23H,11,13H2,1-3H3. The third-order valence-electron chi connectivity index (χ3n) is 4.59. The number of nitrogens with one attached hydrogen (secondary N) is 1. The molecule has 2 aromatic carbocycles. The minimum atomic E-state index is -0.0727. The van der Waals surface area contributed by atoms with E-state index in [0.29, 0.717) is 18.6 Å². The highest BCUT2D eigenvalue weighted by atomic mass is 32.1. The zero-order valence-corrected chi connectivity index (χ0v) is 16.1. The van der Waals surface area contributed by atoms with Gasteiger partial charge in [0.2, 0.25) is 0 Å². The Labute approximate surface area is 157 Å². The second-order valence-corrected chi connectivity index (χ2v) is 8.77. The van der Waals surface area contributed by atoms with Crippen LogP contribution in [0.15, 0.2) is 54.2 Å². The molecule has 0 saturated carbocycles. The van der Waals surface area contributed by atoms with Gasteiger partial charge in [-0.05, 0) is 54.3 Å². The fourth-order valence-electron chi connectivity index (χ4n) is 3.48. The van der Waals surface area contributed by atoms with Crippen molar-refractivity contribution in [3.63, 3.8) is 0 Å². The third kappa shape index (κ3) is 3.56. The Bertz CT molecular complexity index is 1010. The van der Waals surface area contributed by atoms with Crippen molar-refractivity contribution in [1.82, 2.24) is 4.98 Å². The highest BCUT2D eigenvalue weighted by Gasteiger charge is 2.26. The number of anilines is 1. The molecule has 0 bridgehead atoms. The molecule has 4 rings (SSSR count). The summed E-state index contributed by atoms with van der Waals surface area (Å²) in [4.78, 5) is 16.7. The number of Topliss-reactive ketones (excluding diaryl/α,β-unsaturated/α-hetero) is 1. The molecular formula is C22H22N2OS. The van der Waals surface area contributed by atoms with Crippen molar-refractivity contribution in [2.75, 3.05) is 5.32 Å². The molecule has 1 aliphatic carbocycles. The molecule has 0 aliphatic heterocycles. The second kappa shape index (κ2) is 6.36. The smallest absolute Gasteiger partial charge is 0.139 e. The monoisotopic (exact) mass is 362 g/mol. The average Bonchev–Trinajstić information content (AvgIpc) is 2.96. The van der Waals surface area contributed by atoms with E-state index >= 15 is 0 Å². The fourth-order valence-corrected chi connectivity index (χ4v) is 4.43. The fraction of sp³-hybridized carbons (Fsp3) is 0.273. The quantitative estimate of drug-likeness (QED) is 0.625. The van der Waals surface area contributed by atoms with Gasteiger partial charge in [0.1, 0.15) is 10.8 Å². The Kier molecular flexibility index (Phi) is 4.16. The molecule has 0 atom stereocenters. The van der Waals surface area contributed by atoms with E-state index in [4.69, 9.17) is 4.98 Å². The molecule has 3 nitrogen and oxygen atoms in total. The zero-order chi connectivity index (χ0) is 18.3. The van der Waals surface area contributed by atoms with Crippen molar-refractivity contribution >= 4 is 33.0 Å². The van der Waals surface area contributed by atoms with Crippen LogP contribution in [0.3, 0.4) is 0 Å². The number of thiazole rings is 1. The van der Waals surface area contributed by atoms with E-state index in [-0.39, 0.29) is 5.41 Å². The number of hydrogen-bond donors (Lipinski definition) is 1. The number of benzene rings is 2. The molecule has 132 valence electrons. The van der Waals surface area contributed by atoms with Crippen LogP contribution in [0.1, 0.15) is 32.3 Å². The molecule has 0 fully saturated rings. The van der Waals surface area contributed by atoms with E-state index in [1.807, 2.05) is 0 Å². The Morgan fingerprint density at radius 1 is 1.12 bits per heavy atom. The van der Waals surface area contributed by atoms with Gasteiger partial charge in [-0.15, -0.1) is 11.3 Å². The highest BCUT2D eigenvalue weighted by molar-refractivity contribution is 7.21. The van der Waals surface area contributed by atoms with Crippen LogP contribution in [0.2, 0.25) is 0 Å². The van der Waals surface area contributed by atoms with Crippen molar-refractivity contribution < 1.29 is 4.79 Å². The summed E-state index contributed by atoms with van der Waals surface area (Å²) < 4.78 is 1.21. The number of ketones is 1. The number of nitrogens with zero attached hydrogens (tertiary/aromatic N) is 1. The topological polar surface area (TPSA) is 42.0 Å². The van der Waals surface area contributed by atoms with Crippen LogP contribution in [-0.2, 0) is 4.79 Å². The molecule has 26 heavy (non-hydrogen) atoms. The van der Waals surface area contributed by atoms with Crippen LogP contribution in [0, 0.1) is 12.3 Å². The van der Waals surface area contributed by atoms with Crippen molar-refractivity contribution in [3.05, 3.63) is 59.8 Å². The Hall–Kier alpha value is -2.46. The van der Waals surface area contributed by atoms with Gasteiger partial charge in [-0.3, -0.25) is 4.79 Å². The molecule has 3 aromatic rings. The van der Waals surface area contributed by atoms with E-state index in [2.05, 4.69) is 74.6 Å². The first-order valence-corrected chi connectivity index (χ1v) is 9.68. The van der Waals surface area contributed by atoms with E-state index in [1.165, 1.54) is 10.3 Å². The predicted molar refractivity (Wildman–Crippen MR) is 110 cm³/mol. The number of fused-ring (bicyclic) bond motifs is 1. The lowest BCUT2D eigenvalue weighted by molar-refractivity contribution is -0.120. The van der Waals surface area contributed by atoms with Crippen LogP contribution < -0.4 is 5.32 Å². The summed E-state index contributed by atoms with van der Waals surface area (Å²) in [6, 6.07) is 14.7. The summed E-state index contributed by atoms with van der Waals surface area (Å²) in [5.41, 5.74) is 5.32. The summed E-state index contributed by atoms with van der Waals surface area (Å²) in [6.07, 6.45) is 3.29. The van der Waals surface area contributed by atoms with E-state index in [1.54, 1.807) is 11.3 Å². The van der Waals surface area contributed by atoms with Crippen LogP contribution in [0.25, 0.3) is 20.8 Å². The molecule has 0 radical (unpaired) electrons. The number of carbonyl (C=O) groups is 1. The maximum Gasteiger partial charge on any atom is 0.139 e. The first-order valence-electron chi connectivity index (χ1n) is 8.86. The molecule has 0 saturated heterocycles. The highest BCUT2D eigenvalue weighted by Crippen LogP contribution is 2.33. The molecule has 0 amide bonds. The second-order valence-electron chi connectivity index (χ2n) is 7.74.